The summed E-state index contributed by atoms with van der Waals surface area (Å²) in [5.41, 5.74) is 2.15. The van der Waals surface area contributed by atoms with Gasteiger partial charge in [0.15, 0.2) is 0 Å². The normalized spacial score (nSPS) is 20.4. The second-order valence-corrected chi connectivity index (χ2v) is 8.68. The summed E-state index contributed by atoms with van der Waals surface area (Å²) in [6, 6.07) is 14.3. The lowest BCUT2D eigenvalue weighted by molar-refractivity contribution is -0.113. The summed E-state index contributed by atoms with van der Waals surface area (Å²) in [6.07, 6.45) is 3.80. The molecule has 146 valence electrons. The molecule has 1 aliphatic heterocycles. The van der Waals surface area contributed by atoms with Gasteiger partial charge in [-0.3, -0.25) is 4.90 Å². The molecule has 28 heavy (non-hydrogen) atoms. The molecule has 1 fully saturated rings. The maximum Gasteiger partial charge on any atom is 0.123 e. The Bertz CT molecular complexity index is 957. The molecule has 4 nitrogen and oxygen atoms in total. The number of benzene rings is 2. The van der Waals surface area contributed by atoms with Crippen LogP contribution in [0.4, 0.5) is 0 Å². The van der Waals surface area contributed by atoms with Crippen molar-refractivity contribution in [1.82, 2.24) is 9.88 Å². The van der Waals surface area contributed by atoms with Crippen LogP contribution >= 0.6 is 22.9 Å². The van der Waals surface area contributed by atoms with Crippen molar-refractivity contribution in [2.45, 2.75) is 25.3 Å². The van der Waals surface area contributed by atoms with Gasteiger partial charge >= 0.3 is 0 Å². The monoisotopic (exact) mass is 414 g/mol. The van der Waals surface area contributed by atoms with Crippen LogP contribution in [0, 0.1) is 5.92 Å². The van der Waals surface area contributed by atoms with E-state index in [-0.39, 0.29) is 12.0 Å². The van der Waals surface area contributed by atoms with E-state index in [0.717, 1.165) is 59.6 Å². The number of carbonyl (C=O) groups excluding carboxylic acids is 1. The quantitative estimate of drug-likeness (QED) is 0.523. The molecule has 1 saturated heterocycles. The largest absolute Gasteiger partial charge is 0.497 e. The summed E-state index contributed by atoms with van der Waals surface area (Å²) in [7, 11) is 1.68. The number of carbonyl (C=O) groups is 1. The predicted octanol–water partition coefficient (Wildman–Crippen LogP) is 5.15. The number of fused-ring (bicyclic) bond motifs is 1. The van der Waals surface area contributed by atoms with E-state index in [0.29, 0.717) is 5.02 Å². The Labute approximate surface area is 174 Å². The average Bonchev–Trinajstić information content (AvgIpc) is 3.18. The summed E-state index contributed by atoms with van der Waals surface area (Å²) < 4.78 is 6.34. The molecule has 0 amide bonds. The molecule has 2 unspecified atom stereocenters. The number of aldehydes is 1. The molecule has 2 atom stereocenters. The fourth-order valence-corrected chi connectivity index (χ4v) is 5.24. The number of para-hydroxylation sites is 1. The summed E-state index contributed by atoms with van der Waals surface area (Å²) in [6.45, 7) is 1.85. The van der Waals surface area contributed by atoms with Gasteiger partial charge in [0.2, 0.25) is 0 Å². The molecule has 0 N–H and O–H groups in total. The number of hydrogen-bond acceptors (Lipinski definition) is 5. The zero-order chi connectivity index (χ0) is 19.5. The molecular weight excluding hydrogens is 392 g/mol. The Morgan fingerprint density at radius 1 is 1.29 bits per heavy atom. The van der Waals surface area contributed by atoms with Gasteiger partial charge in [0.05, 0.1) is 22.9 Å². The molecule has 4 rings (SSSR count). The van der Waals surface area contributed by atoms with E-state index in [1.54, 1.807) is 18.4 Å². The SMILES string of the molecule is COc1ccc(CCN2CCC(C=O)CC2c2nc3c(Cl)cccc3s2)cc1. The Morgan fingerprint density at radius 3 is 2.82 bits per heavy atom. The van der Waals surface area contributed by atoms with Crippen molar-refractivity contribution < 1.29 is 9.53 Å². The van der Waals surface area contributed by atoms with Crippen LogP contribution in [0.25, 0.3) is 10.2 Å². The number of nitrogens with zero attached hydrogens (tertiary/aromatic N) is 2. The zero-order valence-corrected chi connectivity index (χ0v) is 17.4. The number of hydrogen-bond donors (Lipinski definition) is 0. The van der Waals surface area contributed by atoms with E-state index in [1.165, 1.54) is 5.56 Å². The van der Waals surface area contributed by atoms with Crippen molar-refractivity contribution >= 4 is 39.4 Å². The lowest BCUT2D eigenvalue weighted by Crippen LogP contribution is -2.38. The summed E-state index contributed by atoms with van der Waals surface area (Å²) in [5, 5.41) is 1.75. The van der Waals surface area contributed by atoms with Crippen LogP contribution in [0.2, 0.25) is 5.02 Å². The molecule has 0 aliphatic carbocycles. The molecule has 1 aromatic heterocycles. The minimum atomic E-state index is 0.102. The van der Waals surface area contributed by atoms with E-state index in [1.807, 2.05) is 24.3 Å². The predicted molar refractivity (Wildman–Crippen MR) is 114 cm³/mol. The first-order valence-electron chi connectivity index (χ1n) is 9.55. The van der Waals surface area contributed by atoms with Gasteiger partial charge in [0, 0.05) is 12.5 Å². The highest BCUT2D eigenvalue weighted by molar-refractivity contribution is 7.18. The zero-order valence-electron chi connectivity index (χ0n) is 15.8. The van der Waals surface area contributed by atoms with Crippen LogP contribution in [0.3, 0.4) is 0 Å². The van der Waals surface area contributed by atoms with E-state index >= 15 is 0 Å². The Kier molecular flexibility index (Phi) is 5.95. The second-order valence-electron chi connectivity index (χ2n) is 7.21. The van der Waals surface area contributed by atoms with Gasteiger partial charge in [-0.25, -0.2) is 4.98 Å². The number of halogens is 1. The lowest BCUT2D eigenvalue weighted by Gasteiger charge is -2.37. The molecule has 0 spiro atoms. The number of aromatic nitrogens is 1. The highest BCUT2D eigenvalue weighted by Crippen LogP contribution is 2.38. The van der Waals surface area contributed by atoms with E-state index in [2.05, 4.69) is 23.1 Å². The highest BCUT2D eigenvalue weighted by Gasteiger charge is 2.31. The van der Waals surface area contributed by atoms with Crippen LogP contribution < -0.4 is 4.74 Å². The van der Waals surface area contributed by atoms with Crippen LogP contribution in [-0.2, 0) is 11.2 Å². The van der Waals surface area contributed by atoms with E-state index < -0.39 is 0 Å². The molecule has 2 aromatic carbocycles. The van der Waals surface area contributed by atoms with Crippen molar-refractivity contribution in [2.24, 2.45) is 5.92 Å². The first-order chi connectivity index (χ1) is 13.7. The van der Waals surface area contributed by atoms with Crippen LogP contribution in [0.5, 0.6) is 5.75 Å². The van der Waals surface area contributed by atoms with Crippen molar-refractivity contribution in [1.29, 1.82) is 0 Å². The molecule has 6 heteroatoms. The number of piperidine rings is 1. The molecule has 0 saturated carbocycles. The fraction of sp³-hybridized carbons (Fsp3) is 0.364. The molecule has 3 aromatic rings. The Hall–Kier alpha value is -1.95. The molecular formula is C22H23ClN2O2S. The van der Waals surface area contributed by atoms with Crippen molar-refractivity contribution in [3.63, 3.8) is 0 Å². The minimum absolute atomic E-state index is 0.102. The van der Waals surface area contributed by atoms with Gasteiger partial charge in [0.25, 0.3) is 0 Å². The van der Waals surface area contributed by atoms with Gasteiger partial charge in [-0.1, -0.05) is 29.8 Å². The number of methoxy groups -OCH3 is 1. The maximum absolute atomic E-state index is 11.4. The van der Waals surface area contributed by atoms with E-state index in [4.69, 9.17) is 21.3 Å². The minimum Gasteiger partial charge on any atom is -0.497 e. The smallest absolute Gasteiger partial charge is 0.123 e. The second kappa shape index (κ2) is 8.60. The van der Waals surface area contributed by atoms with Crippen molar-refractivity contribution in [2.75, 3.05) is 20.2 Å². The van der Waals surface area contributed by atoms with Gasteiger partial charge in [-0.2, -0.15) is 0 Å². The lowest BCUT2D eigenvalue weighted by atomic mass is 9.92. The van der Waals surface area contributed by atoms with Crippen molar-refractivity contribution in [3.05, 3.63) is 58.1 Å². The summed E-state index contributed by atoms with van der Waals surface area (Å²) in [5.74, 6) is 0.976. The Balaban J connectivity index is 1.55. The topological polar surface area (TPSA) is 42.4 Å². The van der Waals surface area contributed by atoms with Gasteiger partial charge in [-0.05, 0) is 55.6 Å². The standard InChI is InChI=1S/C22H23ClN2O2S/c1-27-17-7-5-15(6-8-17)9-11-25-12-10-16(14-26)13-19(25)22-24-21-18(23)3-2-4-20(21)28-22/h2-8,14,16,19H,9-13H2,1H3. The molecule has 0 radical (unpaired) electrons. The van der Waals surface area contributed by atoms with Crippen LogP contribution in [0.1, 0.15) is 29.5 Å². The summed E-state index contributed by atoms with van der Waals surface area (Å²) >= 11 is 8.02. The molecule has 2 heterocycles. The van der Waals surface area contributed by atoms with Gasteiger partial charge in [0.1, 0.15) is 22.6 Å². The van der Waals surface area contributed by atoms with E-state index in [9.17, 15) is 4.79 Å². The van der Waals surface area contributed by atoms with Crippen LogP contribution in [0.15, 0.2) is 42.5 Å². The number of likely N-dealkylation sites (tertiary alicyclic amines) is 1. The van der Waals surface area contributed by atoms with Crippen molar-refractivity contribution in [3.8, 4) is 5.75 Å². The first-order valence-corrected chi connectivity index (χ1v) is 10.7. The third-order valence-electron chi connectivity index (χ3n) is 5.46. The summed E-state index contributed by atoms with van der Waals surface area (Å²) in [4.78, 5) is 18.8. The fourth-order valence-electron chi connectivity index (χ4n) is 3.83. The molecule has 1 aliphatic rings. The van der Waals surface area contributed by atoms with Gasteiger partial charge in [-0.15, -0.1) is 11.3 Å². The number of ether oxygens (including phenoxy) is 1. The number of thiazole rings is 1. The third kappa shape index (κ3) is 4.07. The van der Waals surface area contributed by atoms with Gasteiger partial charge < -0.3 is 9.53 Å². The first kappa shape index (κ1) is 19.4. The van der Waals surface area contributed by atoms with Crippen LogP contribution in [-0.4, -0.2) is 36.4 Å². The number of rotatable bonds is 6. The average molecular weight is 415 g/mol. The third-order valence-corrected chi connectivity index (χ3v) is 6.89. The molecule has 0 bridgehead atoms. The highest BCUT2D eigenvalue weighted by atomic mass is 35.5. The Morgan fingerprint density at radius 2 is 2.11 bits per heavy atom. The maximum atomic E-state index is 11.4.